The predicted octanol–water partition coefficient (Wildman–Crippen LogP) is 3.13. The molecule has 18 heavy (non-hydrogen) atoms. The first-order chi connectivity index (χ1) is 8.75. The summed E-state index contributed by atoms with van der Waals surface area (Å²) < 4.78 is 0. The summed E-state index contributed by atoms with van der Waals surface area (Å²) in [7, 11) is 4.38. The third kappa shape index (κ3) is 2.95. The van der Waals surface area contributed by atoms with Gasteiger partial charge in [-0.3, -0.25) is 0 Å². The van der Waals surface area contributed by atoms with Gasteiger partial charge in [-0.25, -0.2) is 0 Å². The Kier molecular flexibility index (Phi) is 3.73. The molecule has 2 fully saturated rings. The topological polar surface area (TPSA) is 15.3 Å². The molecule has 0 spiro atoms. The minimum atomic E-state index is 0.532. The van der Waals surface area contributed by atoms with E-state index in [-0.39, 0.29) is 0 Å². The predicted molar refractivity (Wildman–Crippen MR) is 78.0 cm³/mol. The molecule has 1 aromatic rings. The van der Waals surface area contributed by atoms with E-state index in [4.69, 9.17) is 0 Å². The Balaban J connectivity index is 1.58. The van der Waals surface area contributed by atoms with Crippen molar-refractivity contribution in [3.63, 3.8) is 0 Å². The molecule has 3 rings (SSSR count). The summed E-state index contributed by atoms with van der Waals surface area (Å²) in [5.41, 5.74) is 0. The Morgan fingerprint density at radius 2 is 1.94 bits per heavy atom. The third-order valence-electron chi connectivity index (χ3n) is 4.30. The SMILES string of the molecule is CN(C)C(CNC(C1CC1)C1CC1)c1cccs1. The minimum Gasteiger partial charge on any atom is -0.311 e. The monoisotopic (exact) mass is 264 g/mol. The van der Waals surface area contributed by atoms with E-state index in [0.29, 0.717) is 6.04 Å². The Labute approximate surface area is 114 Å². The van der Waals surface area contributed by atoms with Crippen LogP contribution >= 0.6 is 11.3 Å². The molecule has 2 saturated carbocycles. The smallest absolute Gasteiger partial charge is 0.0561 e. The fraction of sp³-hybridized carbons (Fsp3) is 0.733. The molecule has 0 radical (unpaired) electrons. The molecule has 2 aliphatic rings. The minimum absolute atomic E-state index is 0.532. The zero-order valence-electron chi connectivity index (χ0n) is 11.4. The van der Waals surface area contributed by atoms with Crippen LogP contribution in [0, 0.1) is 11.8 Å². The first-order valence-electron chi connectivity index (χ1n) is 7.19. The third-order valence-corrected chi connectivity index (χ3v) is 5.28. The summed E-state index contributed by atoms with van der Waals surface area (Å²) in [6, 6.07) is 5.77. The average Bonchev–Trinajstić information content (AvgIpc) is 3.26. The molecule has 1 unspecified atom stereocenters. The lowest BCUT2D eigenvalue weighted by atomic mass is 10.1. The van der Waals surface area contributed by atoms with Gasteiger partial charge < -0.3 is 10.2 Å². The molecule has 0 saturated heterocycles. The number of thiophene rings is 1. The molecule has 2 aliphatic carbocycles. The maximum Gasteiger partial charge on any atom is 0.0561 e. The van der Waals surface area contributed by atoms with Gasteiger partial charge >= 0.3 is 0 Å². The van der Waals surface area contributed by atoms with Crippen molar-refractivity contribution in [3.05, 3.63) is 22.4 Å². The Morgan fingerprint density at radius 3 is 2.39 bits per heavy atom. The first-order valence-corrected chi connectivity index (χ1v) is 8.07. The Morgan fingerprint density at radius 1 is 1.28 bits per heavy atom. The van der Waals surface area contributed by atoms with Gasteiger partial charge in [-0.1, -0.05) is 6.07 Å². The first kappa shape index (κ1) is 12.6. The largest absolute Gasteiger partial charge is 0.311 e. The molecule has 1 atom stereocenters. The lowest BCUT2D eigenvalue weighted by Crippen LogP contribution is -2.39. The van der Waals surface area contributed by atoms with Gasteiger partial charge in [0.2, 0.25) is 0 Å². The lowest BCUT2D eigenvalue weighted by Gasteiger charge is -2.27. The standard InChI is InChI=1S/C15H24N2S/c1-17(2)13(14-4-3-9-18-14)10-16-15(11-5-6-11)12-7-8-12/h3-4,9,11-13,15-16H,5-8,10H2,1-2H3. The van der Waals surface area contributed by atoms with Crippen LogP contribution in [0.25, 0.3) is 0 Å². The van der Waals surface area contributed by atoms with Gasteiger partial charge in [0, 0.05) is 17.5 Å². The number of hydrogen-bond donors (Lipinski definition) is 1. The van der Waals surface area contributed by atoms with Crippen molar-refractivity contribution in [2.75, 3.05) is 20.6 Å². The number of rotatable bonds is 7. The lowest BCUT2D eigenvalue weighted by molar-refractivity contribution is 0.272. The van der Waals surface area contributed by atoms with Gasteiger partial charge in [-0.05, 0) is 63.1 Å². The summed E-state index contributed by atoms with van der Waals surface area (Å²) in [6.45, 7) is 1.10. The van der Waals surface area contributed by atoms with E-state index in [0.717, 1.165) is 24.4 Å². The fourth-order valence-corrected chi connectivity index (χ4v) is 3.82. The van der Waals surface area contributed by atoms with Gasteiger partial charge in [-0.2, -0.15) is 0 Å². The quantitative estimate of drug-likeness (QED) is 0.814. The van der Waals surface area contributed by atoms with E-state index in [1.165, 1.54) is 30.6 Å². The maximum atomic E-state index is 3.88. The highest BCUT2D eigenvalue weighted by Gasteiger charge is 2.41. The van der Waals surface area contributed by atoms with E-state index < -0.39 is 0 Å². The second-order valence-electron chi connectivity index (χ2n) is 6.10. The van der Waals surface area contributed by atoms with Gasteiger partial charge in [0.05, 0.1) is 6.04 Å². The number of nitrogens with zero attached hydrogens (tertiary/aromatic N) is 1. The molecule has 3 heteroatoms. The second-order valence-corrected chi connectivity index (χ2v) is 7.08. The Hall–Kier alpha value is -0.380. The molecule has 1 aromatic heterocycles. The summed E-state index contributed by atoms with van der Waals surface area (Å²) in [5, 5.41) is 6.06. The van der Waals surface area contributed by atoms with Crippen LogP contribution < -0.4 is 5.32 Å². The van der Waals surface area contributed by atoms with Crippen molar-refractivity contribution in [3.8, 4) is 0 Å². The second kappa shape index (κ2) is 5.32. The number of likely N-dealkylation sites (N-methyl/N-ethyl adjacent to an activating group) is 1. The van der Waals surface area contributed by atoms with Crippen molar-refractivity contribution in [2.45, 2.75) is 37.8 Å². The van der Waals surface area contributed by atoms with Gasteiger partial charge in [0.15, 0.2) is 0 Å². The Bertz CT molecular complexity index is 354. The molecule has 100 valence electrons. The van der Waals surface area contributed by atoms with E-state index in [1.807, 2.05) is 11.3 Å². The van der Waals surface area contributed by atoms with Crippen LogP contribution in [0.5, 0.6) is 0 Å². The highest BCUT2D eigenvalue weighted by molar-refractivity contribution is 7.10. The van der Waals surface area contributed by atoms with Gasteiger partial charge in [-0.15, -0.1) is 11.3 Å². The van der Waals surface area contributed by atoms with Crippen molar-refractivity contribution in [1.82, 2.24) is 10.2 Å². The molecule has 2 nitrogen and oxygen atoms in total. The van der Waals surface area contributed by atoms with E-state index in [2.05, 4.69) is 41.8 Å². The average molecular weight is 264 g/mol. The summed E-state index contributed by atoms with van der Waals surface area (Å²) in [5.74, 6) is 1.98. The molecule has 1 heterocycles. The van der Waals surface area contributed by atoms with Crippen molar-refractivity contribution < 1.29 is 0 Å². The number of nitrogens with one attached hydrogen (secondary N) is 1. The molecule has 1 N–H and O–H groups in total. The molecule has 0 aliphatic heterocycles. The maximum absolute atomic E-state index is 3.88. The van der Waals surface area contributed by atoms with Crippen molar-refractivity contribution in [2.24, 2.45) is 11.8 Å². The van der Waals surface area contributed by atoms with Crippen LogP contribution in [-0.2, 0) is 0 Å². The van der Waals surface area contributed by atoms with Crippen LogP contribution in [0.3, 0.4) is 0 Å². The van der Waals surface area contributed by atoms with Crippen LogP contribution in [0.1, 0.15) is 36.6 Å². The van der Waals surface area contributed by atoms with Crippen LogP contribution in [0.15, 0.2) is 17.5 Å². The number of hydrogen-bond acceptors (Lipinski definition) is 3. The highest BCUT2D eigenvalue weighted by atomic mass is 32.1. The van der Waals surface area contributed by atoms with Crippen molar-refractivity contribution >= 4 is 11.3 Å². The molecule has 0 bridgehead atoms. The molecule has 0 aromatic carbocycles. The fourth-order valence-electron chi connectivity index (χ4n) is 2.90. The van der Waals surface area contributed by atoms with E-state index in [1.54, 1.807) is 0 Å². The normalized spacial score (nSPS) is 21.8. The van der Waals surface area contributed by atoms with Crippen molar-refractivity contribution in [1.29, 1.82) is 0 Å². The van der Waals surface area contributed by atoms with E-state index in [9.17, 15) is 0 Å². The van der Waals surface area contributed by atoms with Crippen LogP contribution in [0.2, 0.25) is 0 Å². The summed E-state index contributed by atoms with van der Waals surface area (Å²) in [4.78, 5) is 3.83. The van der Waals surface area contributed by atoms with E-state index >= 15 is 0 Å². The molecular weight excluding hydrogens is 240 g/mol. The molecule has 0 amide bonds. The summed E-state index contributed by atoms with van der Waals surface area (Å²) in [6.07, 6.45) is 5.83. The van der Waals surface area contributed by atoms with Crippen LogP contribution in [-0.4, -0.2) is 31.6 Å². The zero-order chi connectivity index (χ0) is 12.5. The molecular formula is C15H24N2S. The summed E-state index contributed by atoms with van der Waals surface area (Å²) >= 11 is 1.88. The van der Waals surface area contributed by atoms with Crippen LogP contribution in [0.4, 0.5) is 0 Å². The zero-order valence-corrected chi connectivity index (χ0v) is 12.2. The van der Waals surface area contributed by atoms with Gasteiger partial charge in [0.25, 0.3) is 0 Å². The highest BCUT2D eigenvalue weighted by Crippen LogP contribution is 2.44. The van der Waals surface area contributed by atoms with Gasteiger partial charge in [0.1, 0.15) is 0 Å².